The number of nitrogens with one attached hydrogen (secondary N) is 1. The SMILES string of the molecule is CC1(c2cc(NC(=O)c3cccc(-n4cccn4)c3)ccc2F)CCSC(N)=N1. The summed E-state index contributed by atoms with van der Waals surface area (Å²) in [6.07, 6.45) is 4.14. The molecule has 1 aromatic heterocycles. The minimum absolute atomic E-state index is 0.288. The number of nitrogens with zero attached hydrogens (tertiary/aromatic N) is 3. The summed E-state index contributed by atoms with van der Waals surface area (Å²) in [4.78, 5) is 17.2. The predicted molar refractivity (Wildman–Crippen MR) is 114 cm³/mol. The van der Waals surface area contributed by atoms with E-state index in [-0.39, 0.29) is 11.7 Å². The summed E-state index contributed by atoms with van der Waals surface area (Å²) in [7, 11) is 0. The summed E-state index contributed by atoms with van der Waals surface area (Å²) in [6.45, 7) is 1.86. The van der Waals surface area contributed by atoms with E-state index in [1.165, 1.54) is 17.8 Å². The van der Waals surface area contributed by atoms with Crippen LogP contribution in [0.2, 0.25) is 0 Å². The fourth-order valence-electron chi connectivity index (χ4n) is 3.31. The number of nitrogens with two attached hydrogens (primary N) is 1. The number of aliphatic imine (C=N–C) groups is 1. The molecule has 0 aliphatic carbocycles. The number of hydrogen-bond acceptors (Lipinski definition) is 5. The fourth-order valence-corrected chi connectivity index (χ4v) is 4.29. The summed E-state index contributed by atoms with van der Waals surface area (Å²) in [5.41, 5.74) is 7.29. The van der Waals surface area contributed by atoms with Crippen LogP contribution >= 0.6 is 11.8 Å². The molecule has 2 heterocycles. The van der Waals surface area contributed by atoms with Crippen molar-refractivity contribution in [3.05, 3.63) is 77.9 Å². The maximum Gasteiger partial charge on any atom is 0.255 e. The van der Waals surface area contributed by atoms with Gasteiger partial charge < -0.3 is 11.1 Å². The van der Waals surface area contributed by atoms with Crippen molar-refractivity contribution >= 4 is 28.5 Å². The summed E-state index contributed by atoms with van der Waals surface area (Å²) < 4.78 is 16.2. The highest BCUT2D eigenvalue weighted by Crippen LogP contribution is 2.37. The fraction of sp³-hybridized carbons (Fsp3) is 0.190. The number of anilines is 1. The molecule has 1 atom stereocenters. The van der Waals surface area contributed by atoms with Crippen LogP contribution in [0, 0.1) is 5.82 Å². The first-order valence-electron chi connectivity index (χ1n) is 9.14. The van der Waals surface area contributed by atoms with Gasteiger partial charge in [0.15, 0.2) is 5.17 Å². The molecule has 1 aliphatic heterocycles. The molecule has 0 spiro atoms. The first kappa shape index (κ1) is 19.2. The second-order valence-corrected chi connectivity index (χ2v) is 8.09. The van der Waals surface area contributed by atoms with Crippen LogP contribution in [0.15, 0.2) is 65.9 Å². The summed E-state index contributed by atoms with van der Waals surface area (Å²) in [5.74, 6) is 0.112. The standard InChI is InChI=1S/C21H20FN5OS/c1-21(8-11-29-20(23)26-21)17-13-15(6-7-18(17)22)25-19(28)14-4-2-5-16(12-14)27-10-3-9-24-27/h2-7,9-10,12-13H,8,11H2,1H3,(H2,23,26)(H,25,28). The number of carbonyl (C=O) groups is 1. The van der Waals surface area contributed by atoms with E-state index in [0.717, 1.165) is 11.4 Å². The molecule has 6 nitrogen and oxygen atoms in total. The van der Waals surface area contributed by atoms with Crippen molar-refractivity contribution in [3.63, 3.8) is 0 Å². The number of benzene rings is 2. The van der Waals surface area contributed by atoms with E-state index in [1.54, 1.807) is 47.4 Å². The number of amides is 1. The number of halogens is 1. The molecule has 1 unspecified atom stereocenters. The van der Waals surface area contributed by atoms with Gasteiger partial charge in [0.2, 0.25) is 0 Å². The molecule has 2 aromatic carbocycles. The van der Waals surface area contributed by atoms with Gasteiger partial charge in [-0.25, -0.2) is 9.07 Å². The minimum atomic E-state index is -0.750. The van der Waals surface area contributed by atoms with Crippen LogP contribution in [-0.2, 0) is 5.54 Å². The maximum atomic E-state index is 14.6. The highest BCUT2D eigenvalue weighted by atomic mass is 32.2. The minimum Gasteiger partial charge on any atom is -0.379 e. The van der Waals surface area contributed by atoms with Gasteiger partial charge in [-0.05, 0) is 55.8 Å². The highest BCUT2D eigenvalue weighted by Gasteiger charge is 2.32. The molecular weight excluding hydrogens is 389 g/mol. The van der Waals surface area contributed by atoms with Gasteiger partial charge in [0.1, 0.15) is 5.82 Å². The van der Waals surface area contributed by atoms with Crippen molar-refractivity contribution in [2.45, 2.75) is 18.9 Å². The lowest BCUT2D eigenvalue weighted by Gasteiger charge is -2.30. The van der Waals surface area contributed by atoms with Gasteiger partial charge in [-0.1, -0.05) is 17.8 Å². The Morgan fingerprint density at radius 1 is 1.28 bits per heavy atom. The van der Waals surface area contributed by atoms with Crippen molar-refractivity contribution in [2.75, 3.05) is 11.1 Å². The second-order valence-electron chi connectivity index (χ2n) is 6.97. The first-order chi connectivity index (χ1) is 13.9. The third-order valence-corrected chi connectivity index (χ3v) is 5.67. The lowest BCUT2D eigenvalue weighted by atomic mass is 9.89. The van der Waals surface area contributed by atoms with Crippen molar-refractivity contribution in [1.29, 1.82) is 0 Å². The topological polar surface area (TPSA) is 85.3 Å². The van der Waals surface area contributed by atoms with E-state index in [2.05, 4.69) is 15.4 Å². The van der Waals surface area contributed by atoms with E-state index in [0.29, 0.717) is 28.4 Å². The van der Waals surface area contributed by atoms with Crippen LogP contribution in [0.4, 0.5) is 10.1 Å². The average Bonchev–Trinajstić information content (AvgIpc) is 3.24. The van der Waals surface area contributed by atoms with Crippen LogP contribution in [0.1, 0.15) is 29.3 Å². The Morgan fingerprint density at radius 3 is 2.90 bits per heavy atom. The van der Waals surface area contributed by atoms with Crippen molar-refractivity contribution in [3.8, 4) is 5.69 Å². The third kappa shape index (κ3) is 4.02. The molecule has 4 rings (SSSR count). The van der Waals surface area contributed by atoms with Gasteiger partial charge in [-0.2, -0.15) is 5.10 Å². The normalized spacial score (nSPS) is 18.9. The van der Waals surface area contributed by atoms with Crippen molar-refractivity contribution in [2.24, 2.45) is 10.7 Å². The van der Waals surface area contributed by atoms with Gasteiger partial charge in [0.25, 0.3) is 5.91 Å². The molecule has 3 aromatic rings. The first-order valence-corrected chi connectivity index (χ1v) is 10.1. The van der Waals surface area contributed by atoms with E-state index in [4.69, 9.17) is 5.73 Å². The molecule has 0 bridgehead atoms. The largest absolute Gasteiger partial charge is 0.379 e. The van der Waals surface area contributed by atoms with Gasteiger partial charge in [-0.15, -0.1) is 0 Å². The van der Waals surface area contributed by atoms with Crippen LogP contribution in [0.5, 0.6) is 0 Å². The average molecular weight is 409 g/mol. The predicted octanol–water partition coefficient (Wildman–Crippen LogP) is 3.93. The number of carbonyl (C=O) groups excluding carboxylic acids is 1. The molecule has 0 radical (unpaired) electrons. The summed E-state index contributed by atoms with van der Waals surface area (Å²) in [6, 6.07) is 13.5. The molecule has 0 fully saturated rings. The van der Waals surface area contributed by atoms with Gasteiger partial charge >= 0.3 is 0 Å². The van der Waals surface area contributed by atoms with Gasteiger partial charge in [0.05, 0.1) is 11.2 Å². The third-order valence-electron chi connectivity index (χ3n) is 4.88. The van der Waals surface area contributed by atoms with Crippen molar-refractivity contribution in [1.82, 2.24) is 9.78 Å². The van der Waals surface area contributed by atoms with Gasteiger partial charge in [0, 0.05) is 35.0 Å². The highest BCUT2D eigenvalue weighted by molar-refractivity contribution is 8.13. The Bertz CT molecular complexity index is 1080. The molecule has 1 amide bonds. The summed E-state index contributed by atoms with van der Waals surface area (Å²) in [5, 5.41) is 7.47. The van der Waals surface area contributed by atoms with Crippen LogP contribution in [-0.4, -0.2) is 26.6 Å². The van der Waals surface area contributed by atoms with E-state index in [1.807, 2.05) is 19.1 Å². The molecule has 8 heteroatoms. The van der Waals surface area contributed by atoms with Gasteiger partial charge in [-0.3, -0.25) is 9.79 Å². The zero-order chi connectivity index (χ0) is 20.4. The van der Waals surface area contributed by atoms with E-state index < -0.39 is 5.54 Å². The number of hydrogen-bond donors (Lipinski definition) is 2. The molecule has 148 valence electrons. The lowest BCUT2D eigenvalue weighted by Crippen LogP contribution is -2.29. The Hall–Kier alpha value is -3.13. The number of thioether (sulfide) groups is 1. The zero-order valence-corrected chi connectivity index (χ0v) is 16.6. The second kappa shape index (κ2) is 7.71. The molecule has 29 heavy (non-hydrogen) atoms. The Morgan fingerprint density at radius 2 is 2.14 bits per heavy atom. The Kier molecular flexibility index (Phi) is 5.10. The number of aromatic nitrogens is 2. The van der Waals surface area contributed by atoms with Crippen LogP contribution < -0.4 is 11.1 Å². The molecule has 1 aliphatic rings. The quantitative estimate of drug-likeness (QED) is 0.684. The van der Waals surface area contributed by atoms with Crippen molar-refractivity contribution < 1.29 is 9.18 Å². The van der Waals surface area contributed by atoms with Crippen LogP contribution in [0.3, 0.4) is 0 Å². The molecule has 0 saturated heterocycles. The molecule has 0 saturated carbocycles. The van der Waals surface area contributed by atoms with Crippen LogP contribution in [0.25, 0.3) is 5.69 Å². The smallest absolute Gasteiger partial charge is 0.255 e. The molecule has 3 N–H and O–H groups in total. The molecular formula is C21H20FN5OS. The lowest BCUT2D eigenvalue weighted by molar-refractivity contribution is 0.102. The maximum absolute atomic E-state index is 14.6. The Labute approximate surface area is 172 Å². The number of rotatable bonds is 4. The zero-order valence-electron chi connectivity index (χ0n) is 15.8. The summed E-state index contributed by atoms with van der Waals surface area (Å²) >= 11 is 1.46. The van der Waals surface area contributed by atoms with E-state index >= 15 is 0 Å². The Balaban J connectivity index is 1.60. The number of amidine groups is 1. The van der Waals surface area contributed by atoms with E-state index in [9.17, 15) is 9.18 Å². The monoisotopic (exact) mass is 409 g/mol.